The molecule has 0 radical (unpaired) electrons. The van der Waals surface area contributed by atoms with Crippen molar-refractivity contribution in [2.45, 2.75) is 13.0 Å². The van der Waals surface area contributed by atoms with E-state index in [0.29, 0.717) is 11.4 Å². The van der Waals surface area contributed by atoms with E-state index < -0.39 is 11.8 Å². The van der Waals surface area contributed by atoms with Gasteiger partial charge in [-0.3, -0.25) is 19.3 Å². The summed E-state index contributed by atoms with van der Waals surface area (Å²) in [5.74, 6) is -2.05. The zero-order valence-electron chi connectivity index (χ0n) is 18.2. The second-order valence-electron chi connectivity index (χ2n) is 7.83. The maximum absolute atomic E-state index is 13.4. The van der Waals surface area contributed by atoms with Gasteiger partial charge in [-0.2, -0.15) is 0 Å². The summed E-state index contributed by atoms with van der Waals surface area (Å²) < 4.78 is 13.4. The van der Waals surface area contributed by atoms with Crippen LogP contribution in [0.4, 0.5) is 15.8 Å². The van der Waals surface area contributed by atoms with Gasteiger partial charge < -0.3 is 20.9 Å². The van der Waals surface area contributed by atoms with Crippen LogP contribution in [0, 0.1) is 5.82 Å². The molecule has 1 aliphatic heterocycles. The van der Waals surface area contributed by atoms with Crippen LogP contribution in [-0.2, 0) is 14.4 Å². The molecule has 0 aliphatic carbocycles. The van der Waals surface area contributed by atoms with Gasteiger partial charge in [-0.05, 0) is 49.0 Å². The third kappa shape index (κ3) is 6.60. The minimum absolute atomic E-state index is 0.169. The van der Waals surface area contributed by atoms with Crippen LogP contribution >= 0.6 is 0 Å². The number of benzene rings is 2. The van der Waals surface area contributed by atoms with Gasteiger partial charge in [0.25, 0.3) is 0 Å². The summed E-state index contributed by atoms with van der Waals surface area (Å²) in [6.45, 7) is 5.02. The Morgan fingerprint density at radius 2 is 1.44 bits per heavy atom. The van der Waals surface area contributed by atoms with Gasteiger partial charge in [0, 0.05) is 51.0 Å². The van der Waals surface area contributed by atoms with Crippen LogP contribution in [0.2, 0.25) is 0 Å². The number of carbonyl (C=O) groups is 3. The van der Waals surface area contributed by atoms with E-state index in [1.165, 1.54) is 19.1 Å². The fourth-order valence-electron chi connectivity index (χ4n) is 3.57. The molecule has 3 N–H and O–H groups in total. The molecule has 0 bridgehead atoms. The fourth-order valence-corrected chi connectivity index (χ4v) is 3.57. The van der Waals surface area contributed by atoms with Crippen molar-refractivity contribution in [2.75, 3.05) is 50.4 Å². The van der Waals surface area contributed by atoms with E-state index in [1.54, 1.807) is 36.4 Å². The minimum atomic E-state index is -0.784. The summed E-state index contributed by atoms with van der Waals surface area (Å²) in [5.41, 5.74) is 1.91. The predicted octanol–water partition coefficient (Wildman–Crippen LogP) is 1.83. The second kappa shape index (κ2) is 10.8. The number of amides is 3. The smallest absolute Gasteiger partial charge is 0.313 e. The molecular formula is C23H28FN5O3. The molecule has 2 aromatic carbocycles. The van der Waals surface area contributed by atoms with Crippen LogP contribution in [-0.4, -0.2) is 67.3 Å². The maximum atomic E-state index is 13.4. The average Bonchev–Trinajstić information content (AvgIpc) is 2.77. The van der Waals surface area contributed by atoms with Crippen LogP contribution in [0.3, 0.4) is 0 Å². The summed E-state index contributed by atoms with van der Waals surface area (Å²) in [4.78, 5) is 40.3. The van der Waals surface area contributed by atoms with E-state index in [0.717, 1.165) is 31.7 Å². The molecular weight excluding hydrogens is 413 g/mol. The number of rotatable bonds is 6. The molecule has 1 saturated heterocycles. The van der Waals surface area contributed by atoms with Gasteiger partial charge in [-0.25, -0.2) is 4.39 Å². The highest BCUT2D eigenvalue weighted by atomic mass is 19.1. The lowest BCUT2D eigenvalue weighted by atomic mass is 10.0. The Kier molecular flexibility index (Phi) is 7.91. The van der Waals surface area contributed by atoms with Crippen molar-refractivity contribution in [1.29, 1.82) is 0 Å². The Morgan fingerprint density at radius 1 is 0.875 bits per heavy atom. The average molecular weight is 442 g/mol. The number of hydrogen-bond donors (Lipinski definition) is 3. The SMILES string of the molecule is CC(=O)Nc1ccc(NC(=O)C(=O)NCC(c2ccc(F)cc2)N2CCN(C)CC2)cc1. The van der Waals surface area contributed by atoms with Gasteiger partial charge in [0.15, 0.2) is 0 Å². The Morgan fingerprint density at radius 3 is 2.00 bits per heavy atom. The first-order valence-corrected chi connectivity index (χ1v) is 10.5. The molecule has 0 aromatic heterocycles. The first kappa shape index (κ1) is 23.4. The summed E-state index contributed by atoms with van der Waals surface area (Å²) >= 11 is 0. The number of hydrogen-bond acceptors (Lipinski definition) is 5. The molecule has 3 rings (SSSR count). The van der Waals surface area contributed by atoms with Crippen molar-refractivity contribution in [1.82, 2.24) is 15.1 Å². The highest BCUT2D eigenvalue weighted by Crippen LogP contribution is 2.22. The van der Waals surface area contributed by atoms with Gasteiger partial charge in [-0.1, -0.05) is 12.1 Å². The Hall–Kier alpha value is -3.30. The van der Waals surface area contributed by atoms with Crippen molar-refractivity contribution in [3.63, 3.8) is 0 Å². The molecule has 8 nitrogen and oxygen atoms in total. The van der Waals surface area contributed by atoms with Crippen LogP contribution in [0.15, 0.2) is 48.5 Å². The molecule has 0 saturated carbocycles. The van der Waals surface area contributed by atoms with Crippen LogP contribution < -0.4 is 16.0 Å². The highest BCUT2D eigenvalue weighted by molar-refractivity contribution is 6.39. The van der Waals surface area contributed by atoms with Gasteiger partial charge in [-0.15, -0.1) is 0 Å². The maximum Gasteiger partial charge on any atom is 0.313 e. The lowest BCUT2D eigenvalue weighted by molar-refractivity contribution is -0.136. The quantitative estimate of drug-likeness (QED) is 0.595. The molecule has 2 aromatic rings. The number of halogens is 1. The monoisotopic (exact) mass is 441 g/mol. The Bertz CT molecular complexity index is 941. The highest BCUT2D eigenvalue weighted by Gasteiger charge is 2.25. The minimum Gasteiger partial charge on any atom is -0.346 e. The molecule has 9 heteroatoms. The molecule has 170 valence electrons. The molecule has 3 amide bonds. The van der Waals surface area contributed by atoms with Crippen LogP contribution in [0.5, 0.6) is 0 Å². The first-order chi connectivity index (χ1) is 15.3. The predicted molar refractivity (Wildman–Crippen MR) is 121 cm³/mol. The van der Waals surface area contributed by atoms with Crippen LogP contribution in [0.25, 0.3) is 0 Å². The zero-order valence-corrected chi connectivity index (χ0v) is 18.2. The number of anilines is 2. The number of piperazine rings is 1. The number of nitrogens with one attached hydrogen (secondary N) is 3. The third-order valence-corrected chi connectivity index (χ3v) is 5.36. The standard InChI is InChI=1S/C23H28FN5O3/c1-16(30)26-19-7-9-20(10-8-19)27-23(32)22(31)25-15-21(17-3-5-18(24)6-4-17)29-13-11-28(2)12-14-29/h3-10,21H,11-15H2,1-2H3,(H,25,31)(H,26,30)(H,27,32). The van der Waals surface area contributed by atoms with Gasteiger partial charge >= 0.3 is 11.8 Å². The number of carbonyl (C=O) groups excluding carboxylic acids is 3. The lowest BCUT2D eigenvalue weighted by Gasteiger charge is -2.38. The van der Waals surface area contributed by atoms with Gasteiger partial charge in [0.1, 0.15) is 5.82 Å². The second-order valence-corrected chi connectivity index (χ2v) is 7.83. The topological polar surface area (TPSA) is 93.8 Å². The Labute approximate surface area is 186 Å². The molecule has 1 fully saturated rings. The van der Waals surface area contributed by atoms with E-state index in [2.05, 4.69) is 32.8 Å². The summed E-state index contributed by atoms with van der Waals surface area (Å²) in [6.07, 6.45) is 0. The summed E-state index contributed by atoms with van der Waals surface area (Å²) in [5, 5.41) is 7.88. The zero-order chi connectivity index (χ0) is 23.1. The summed E-state index contributed by atoms with van der Waals surface area (Å²) in [7, 11) is 2.05. The van der Waals surface area contributed by atoms with E-state index >= 15 is 0 Å². The van der Waals surface area contributed by atoms with Crippen LogP contribution in [0.1, 0.15) is 18.5 Å². The normalized spacial score (nSPS) is 15.6. The first-order valence-electron chi connectivity index (χ1n) is 10.5. The number of nitrogens with zero attached hydrogens (tertiary/aromatic N) is 2. The molecule has 1 aliphatic rings. The van der Waals surface area contributed by atoms with Crippen molar-refractivity contribution < 1.29 is 18.8 Å². The van der Waals surface area contributed by atoms with Crippen molar-refractivity contribution in [3.05, 3.63) is 59.9 Å². The molecule has 1 unspecified atom stereocenters. The van der Waals surface area contributed by atoms with E-state index in [-0.39, 0.29) is 24.3 Å². The van der Waals surface area contributed by atoms with E-state index in [4.69, 9.17) is 0 Å². The molecule has 1 atom stereocenters. The van der Waals surface area contributed by atoms with Gasteiger partial charge in [0.05, 0.1) is 6.04 Å². The molecule has 32 heavy (non-hydrogen) atoms. The molecule has 0 spiro atoms. The van der Waals surface area contributed by atoms with Crippen molar-refractivity contribution in [3.8, 4) is 0 Å². The van der Waals surface area contributed by atoms with Crippen molar-refractivity contribution >= 4 is 29.1 Å². The lowest BCUT2D eigenvalue weighted by Crippen LogP contribution is -2.49. The fraction of sp³-hybridized carbons (Fsp3) is 0.348. The van der Waals surface area contributed by atoms with E-state index in [1.807, 2.05) is 0 Å². The van der Waals surface area contributed by atoms with Gasteiger partial charge in [0.2, 0.25) is 5.91 Å². The van der Waals surface area contributed by atoms with Crippen molar-refractivity contribution in [2.24, 2.45) is 0 Å². The Balaban J connectivity index is 1.60. The number of likely N-dealkylation sites (N-methyl/N-ethyl adjacent to an activating group) is 1. The molecule has 1 heterocycles. The summed E-state index contributed by atoms with van der Waals surface area (Å²) in [6, 6.07) is 12.5. The third-order valence-electron chi connectivity index (χ3n) is 5.36. The van der Waals surface area contributed by atoms with E-state index in [9.17, 15) is 18.8 Å². The largest absolute Gasteiger partial charge is 0.346 e.